The topological polar surface area (TPSA) is 131 Å². The van der Waals surface area contributed by atoms with E-state index in [0.717, 1.165) is 13.0 Å². The molecule has 164 valence electrons. The summed E-state index contributed by atoms with van der Waals surface area (Å²) in [6.45, 7) is 3.06. The minimum Gasteiger partial charge on any atom is -0.463 e. The molecule has 1 fully saturated rings. The second-order valence-electron chi connectivity index (χ2n) is 7.33. The zero-order valence-electron chi connectivity index (χ0n) is 17.1. The predicted octanol–water partition coefficient (Wildman–Crippen LogP) is 1.90. The van der Waals surface area contributed by atoms with Crippen LogP contribution in [0.1, 0.15) is 25.3 Å². The number of carbonyl (C=O) groups excluding carboxylic acids is 2. The Hall–Kier alpha value is -3.56. The van der Waals surface area contributed by atoms with Gasteiger partial charge in [0, 0.05) is 55.0 Å². The van der Waals surface area contributed by atoms with Crippen molar-refractivity contribution >= 4 is 17.7 Å². The maximum Gasteiger partial charge on any atom is 0.316 e. The van der Waals surface area contributed by atoms with Crippen molar-refractivity contribution in [3.05, 3.63) is 42.0 Å². The first-order valence-electron chi connectivity index (χ1n) is 9.80. The zero-order valence-corrected chi connectivity index (χ0v) is 17.1. The summed E-state index contributed by atoms with van der Waals surface area (Å²) in [5, 5.41) is 7.08. The third-order valence-electron chi connectivity index (χ3n) is 4.92. The van der Waals surface area contributed by atoms with E-state index in [1.54, 1.807) is 24.0 Å². The molecule has 1 aliphatic heterocycles. The lowest BCUT2D eigenvalue weighted by Crippen LogP contribution is -2.27. The van der Waals surface area contributed by atoms with E-state index in [9.17, 15) is 14.0 Å². The standard InChI is InChI=1S/C21H24FN5O4/c1-13(28)27-6-5-14(10-27)11-31-21-25-8-16(9-26-21)17-4-2-3-15(20(17)22)12-30-19(29)7-18(23)24/h2-4,8-9,14H,5-7,10-12H2,1H3,(H3,23,24). The molecular weight excluding hydrogens is 405 g/mol. The van der Waals surface area contributed by atoms with Gasteiger partial charge in [0.15, 0.2) is 0 Å². The average Bonchev–Trinajstić information content (AvgIpc) is 3.21. The first-order chi connectivity index (χ1) is 14.8. The molecule has 1 aromatic heterocycles. The van der Waals surface area contributed by atoms with Crippen molar-refractivity contribution in [3.63, 3.8) is 0 Å². The predicted molar refractivity (Wildman–Crippen MR) is 110 cm³/mol. The number of amides is 1. The molecule has 1 aliphatic rings. The monoisotopic (exact) mass is 429 g/mol. The normalized spacial score (nSPS) is 15.5. The van der Waals surface area contributed by atoms with E-state index in [1.807, 2.05) is 0 Å². The number of carbonyl (C=O) groups is 2. The summed E-state index contributed by atoms with van der Waals surface area (Å²) in [5.74, 6) is -1.28. The largest absolute Gasteiger partial charge is 0.463 e. The fraction of sp³-hybridized carbons (Fsp3) is 0.381. The van der Waals surface area contributed by atoms with Crippen LogP contribution >= 0.6 is 0 Å². The molecule has 1 amide bonds. The molecular formula is C21H24FN5O4. The maximum absolute atomic E-state index is 14.8. The molecule has 0 radical (unpaired) electrons. The number of nitrogens with two attached hydrogens (primary N) is 1. The van der Waals surface area contributed by atoms with Crippen LogP contribution in [0.5, 0.6) is 6.01 Å². The minimum absolute atomic E-state index is 0.0565. The lowest BCUT2D eigenvalue weighted by atomic mass is 10.1. The van der Waals surface area contributed by atoms with Gasteiger partial charge in [-0.3, -0.25) is 15.0 Å². The van der Waals surface area contributed by atoms with Crippen LogP contribution in [0.2, 0.25) is 0 Å². The highest BCUT2D eigenvalue weighted by molar-refractivity contribution is 5.94. The number of halogens is 1. The number of rotatable bonds is 8. The first-order valence-corrected chi connectivity index (χ1v) is 9.80. The van der Waals surface area contributed by atoms with Gasteiger partial charge in [0.1, 0.15) is 24.7 Å². The number of ether oxygens (including phenoxy) is 2. The quantitative estimate of drug-likeness (QED) is 0.372. The van der Waals surface area contributed by atoms with Crippen LogP contribution in [0.25, 0.3) is 11.1 Å². The Morgan fingerprint density at radius 3 is 2.71 bits per heavy atom. The van der Waals surface area contributed by atoms with Gasteiger partial charge in [-0.15, -0.1) is 0 Å². The summed E-state index contributed by atoms with van der Waals surface area (Å²) < 4.78 is 25.4. The molecule has 0 spiro atoms. The van der Waals surface area contributed by atoms with Crippen molar-refractivity contribution in [2.24, 2.45) is 11.7 Å². The molecule has 31 heavy (non-hydrogen) atoms. The summed E-state index contributed by atoms with van der Waals surface area (Å²) in [4.78, 5) is 33.0. The number of benzene rings is 1. The van der Waals surface area contributed by atoms with Crippen LogP contribution in [0, 0.1) is 17.1 Å². The van der Waals surface area contributed by atoms with Gasteiger partial charge in [-0.1, -0.05) is 18.2 Å². The summed E-state index contributed by atoms with van der Waals surface area (Å²) in [7, 11) is 0. The molecule has 0 bridgehead atoms. The number of likely N-dealkylation sites (tertiary alicyclic amines) is 1. The lowest BCUT2D eigenvalue weighted by molar-refractivity contribution is -0.143. The Labute approximate surface area is 178 Å². The van der Waals surface area contributed by atoms with Crippen molar-refractivity contribution in [1.29, 1.82) is 5.41 Å². The van der Waals surface area contributed by atoms with Gasteiger partial charge in [-0.05, 0) is 6.42 Å². The Balaban J connectivity index is 1.60. The molecule has 0 aliphatic carbocycles. The van der Waals surface area contributed by atoms with E-state index in [1.165, 1.54) is 18.5 Å². The Morgan fingerprint density at radius 2 is 2.06 bits per heavy atom. The van der Waals surface area contributed by atoms with Gasteiger partial charge in [-0.25, -0.2) is 14.4 Å². The molecule has 2 aromatic rings. The minimum atomic E-state index is -0.698. The number of amidine groups is 1. The molecule has 1 saturated heterocycles. The summed E-state index contributed by atoms with van der Waals surface area (Å²) in [6.07, 6.45) is 3.45. The van der Waals surface area contributed by atoms with Crippen LogP contribution < -0.4 is 10.5 Å². The molecule has 2 heterocycles. The van der Waals surface area contributed by atoms with Gasteiger partial charge < -0.3 is 20.1 Å². The molecule has 10 heteroatoms. The average molecular weight is 429 g/mol. The number of hydrogen-bond donors (Lipinski definition) is 2. The maximum atomic E-state index is 14.8. The highest BCUT2D eigenvalue weighted by Crippen LogP contribution is 2.25. The van der Waals surface area contributed by atoms with Crippen LogP contribution in [-0.2, 0) is 20.9 Å². The fourth-order valence-corrected chi connectivity index (χ4v) is 3.26. The Morgan fingerprint density at radius 1 is 1.32 bits per heavy atom. The van der Waals surface area contributed by atoms with Gasteiger partial charge in [0.05, 0.1) is 6.61 Å². The Kier molecular flexibility index (Phi) is 7.11. The zero-order chi connectivity index (χ0) is 22.4. The number of esters is 1. The molecule has 1 unspecified atom stereocenters. The van der Waals surface area contributed by atoms with E-state index in [4.69, 9.17) is 20.6 Å². The second-order valence-corrected chi connectivity index (χ2v) is 7.33. The molecule has 3 rings (SSSR count). The van der Waals surface area contributed by atoms with Gasteiger partial charge in [0.25, 0.3) is 0 Å². The van der Waals surface area contributed by atoms with E-state index in [-0.39, 0.29) is 47.8 Å². The van der Waals surface area contributed by atoms with E-state index < -0.39 is 11.8 Å². The summed E-state index contributed by atoms with van der Waals surface area (Å²) in [5.41, 5.74) is 6.05. The highest BCUT2D eigenvalue weighted by atomic mass is 19.1. The van der Waals surface area contributed by atoms with Gasteiger partial charge >= 0.3 is 12.0 Å². The third kappa shape index (κ3) is 5.97. The van der Waals surface area contributed by atoms with E-state index in [0.29, 0.717) is 18.7 Å². The molecule has 9 nitrogen and oxygen atoms in total. The number of nitrogens with one attached hydrogen (secondary N) is 1. The fourth-order valence-electron chi connectivity index (χ4n) is 3.26. The van der Waals surface area contributed by atoms with Crippen molar-refractivity contribution in [3.8, 4) is 17.1 Å². The molecule has 3 N–H and O–H groups in total. The molecule has 1 aromatic carbocycles. The molecule has 0 saturated carbocycles. The van der Waals surface area contributed by atoms with Crippen molar-refractivity contribution in [2.45, 2.75) is 26.4 Å². The highest BCUT2D eigenvalue weighted by Gasteiger charge is 2.24. The molecule has 1 atom stereocenters. The van der Waals surface area contributed by atoms with Gasteiger partial charge in [-0.2, -0.15) is 0 Å². The van der Waals surface area contributed by atoms with Crippen molar-refractivity contribution in [1.82, 2.24) is 14.9 Å². The van der Waals surface area contributed by atoms with Crippen LogP contribution in [0.15, 0.2) is 30.6 Å². The smallest absolute Gasteiger partial charge is 0.316 e. The van der Waals surface area contributed by atoms with Crippen LogP contribution in [0.3, 0.4) is 0 Å². The van der Waals surface area contributed by atoms with Crippen LogP contribution in [0.4, 0.5) is 4.39 Å². The number of hydrogen-bond acceptors (Lipinski definition) is 7. The van der Waals surface area contributed by atoms with E-state index in [2.05, 4.69) is 9.97 Å². The number of nitrogens with zero attached hydrogens (tertiary/aromatic N) is 3. The SMILES string of the molecule is CC(=O)N1CCC(COc2ncc(-c3cccc(COC(=O)CC(=N)N)c3F)cn2)C1. The van der Waals surface area contributed by atoms with E-state index >= 15 is 0 Å². The lowest BCUT2D eigenvalue weighted by Gasteiger charge is -2.14. The summed E-state index contributed by atoms with van der Waals surface area (Å²) in [6, 6.07) is 4.89. The Bertz CT molecular complexity index is 967. The second kappa shape index (κ2) is 9.96. The van der Waals surface area contributed by atoms with Crippen molar-refractivity contribution in [2.75, 3.05) is 19.7 Å². The van der Waals surface area contributed by atoms with Gasteiger partial charge in [0.2, 0.25) is 5.91 Å². The first kappa shape index (κ1) is 22.1. The summed E-state index contributed by atoms with van der Waals surface area (Å²) >= 11 is 0. The van der Waals surface area contributed by atoms with Crippen molar-refractivity contribution < 1.29 is 23.5 Å². The number of aromatic nitrogens is 2. The van der Waals surface area contributed by atoms with Crippen LogP contribution in [-0.4, -0.2) is 52.3 Å². The third-order valence-corrected chi connectivity index (χ3v) is 4.92.